The summed E-state index contributed by atoms with van der Waals surface area (Å²) in [5.74, 6) is -1.95. The van der Waals surface area contributed by atoms with Crippen LogP contribution in [0, 0.1) is 6.92 Å². The molecule has 7 nitrogen and oxygen atoms in total. The first kappa shape index (κ1) is 19.7. The summed E-state index contributed by atoms with van der Waals surface area (Å²) < 4.78 is 2.15. The third kappa shape index (κ3) is 3.29. The molecule has 0 atom stereocenters. The van der Waals surface area contributed by atoms with Crippen molar-refractivity contribution in [2.75, 3.05) is 13.1 Å². The summed E-state index contributed by atoms with van der Waals surface area (Å²) >= 11 is 0. The van der Waals surface area contributed by atoms with Gasteiger partial charge < -0.3 is 19.8 Å². The molecule has 0 unspecified atom stereocenters. The second-order valence-corrected chi connectivity index (χ2v) is 6.91. The fourth-order valence-electron chi connectivity index (χ4n) is 3.56. The number of aromatic hydroxyl groups is 1. The van der Waals surface area contributed by atoms with Crippen molar-refractivity contribution in [2.24, 2.45) is 7.05 Å². The van der Waals surface area contributed by atoms with Crippen LogP contribution in [0.25, 0.3) is 22.2 Å². The van der Waals surface area contributed by atoms with Crippen molar-refractivity contribution in [1.82, 2.24) is 14.5 Å². The summed E-state index contributed by atoms with van der Waals surface area (Å²) in [5, 5.41) is 20.3. The summed E-state index contributed by atoms with van der Waals surface area (Å²) in [7, 11) is 2.03. The van der Waals surface area contributed by atoms with E-state index in [0.29, 0.717) is 16.8 Å². The fourth-order valence-corrected chi connectivity index (χ4v) is 3.56. The molecule has 0 radical (unpaired) electrons. The van der Waals surface area contributed by atoms with Gasteiger partial charge in [-0.25, -0.2) is 4.79 Å². The molecule has 3 rings (SSSR count). The molecule has 7 heteroatoms. The molecule has 2 heterocycles. The van der Waals surface area contributed by atoms with Crippen LogP contribution in [0.1, 0.15) is 35.5 Å². The Morgan fingerprint density at radius 3 is 2.50 bits per heavy atom. The van der Waals surface area contributed by atoms with Gasteiger partial charge in [0.15, 0.2) is 5.56 Å². The number of hydrogen-bond acceptors (Lipinski definition) is 4. The number of aromatic nitrogens is 2. The number of fused-ring (bicyclic) bond motifs is 1. The second kappa shape index (κ2) is 7.52. The van der Waals surface area contributed by atoms with Crippen molar-refractivity contribution in [2.45, 2.75) is 27.3 Å². The number of benzene rings is 1. The normalized spacial score (nSPS) is 11.5. The summed E-state index contributed by atoms with van der Waals surface area (Å²) in [6, 6.07) is 7.90. The Morgan fingerprint density at radius 2 is 1.89 bits per heavy atom. The summed E-state index contributed by atoms with van der Waals surface area (Å²) in [6.07, 6.45) is 0. The van der Waals surface area contributed by atoms with Crippen LogP contribution in [0.5, 0.6) is 5.75 Å². The third-order valence-electron chi connectivity index (χ3n) is 5.36. The zero-order valence-corrected chi connectivity index (χ0v) is 16.5. The lowest BCUT2D eigenvalue weighted by atomic mass is 10.0. The molecule has 0 amide bonds. The Balaban J connectivity index is 2.11. The molecule has 0 aliphatic carbocycles. The van der Waals surface area contributed by atoms with E-state index in [9.17, 15) is 14.7 Å². The number of hydrogen-bond donors (Lipinski definition) is 3. The topological polar surface area (TPSA) is 98.6 Å². The SMILES string of the molecule is CCN(CC)Cc1cc2cc(-c3[nH]c(=O)c(C(=O)O)c(O)c3C)ccc2n1C. The van der Waals surface area contributed by atoms with E-state index in [1.54, 1.807) is 6.92 Å². The van der Waals surface area contributed by atoms with Gasteiger partial charge in [0.25, 0.3) is 5.56 Å². The van der Waals surface area contributed by atoms with Crippen molar-refractivity contribution in [3.05, 3.63) is 51.4 Å². The number of rotatable bonds is 6. The van der Waals surface area contributed by atoms with Gasteiger partial charge in [-0.15, -0.1) is 0 Å². The van der Waals surface area contributed by atoms with E-state index in [1.807, 2.05) is 25.2 Å². The van der Waals surface area contributed by atoms with Crippen molar-refractivity contribution in [1.29, 1.82) is 0 Å². The minimum Gasteiger partial charge on any atom is -0.506 e. The highest BCUT2D eigenvalue weighted by molar-refractivity contribution is 5.92. The molecule has 0 aliphatic rings. The number of carbonyl (C=O) groups is 1. The van der Waals surface area contributed by atoms with Gasteiger partial charge in [0.2, 0.25) is 0 Å². The van der Waals surface area contributed by atoms with Crippen LogP contribution in [0.15, 0.2) is 29.1 Å². The number of H-pyrrole nitrogens is 1. The van der Waals surface area contributed by atoms with E-state index < -0.39 is 22.8 Å². The van der Waals surface area contributed by atoms with Crippen LogP contribution >= 0.6 is 0 Å². The van der Waals surface area contributed by atoms with E-state index in [2.05, 4.69) is 34.4 Å². The van der Waals surface area contributed by atoms with E-state index in [4.69, 9.17) is 5.11 Å². The van der Waals surface area contributed by atoms with Gasteiger partial charge >= 0.3 is 5.97 Å². The highest BCUT2D eigenvalue weighted by Gasteiger charge is 2.20. The zero-order valence-electron chi connectivity index (χ0n) is 16.5. The molecular weight excluding hydrogens is 358 g/mol. The number of aromatic amines is 1. The highest BCUT2D eigenvalue weighted by atomic mass is 16.4. The predicted octanol–water partition coefficient (Wildman–Crippen LogP) is 3.09. The number of aryl methyl sites for hydroxylation is 1. The molecule has 148 valence electrons. The minimum absolute atomic E-state index is 0.329. The zero-order chi connectivity index (χ0) is 20.6. The molecular formula is C21H25N3O4. The van der Waals surface area contributed by atoms with E-state index in [1.165, 1.54) is 5.69 Å². The lowest BCUT2D eigenvalue weighted by molar-refractivity contribution is 0.0691. The first-order chi connectivity index (χ1) is 13.3. The predicted molar refractivity (Wildman–Crippen MR) is 109 cm³/mol. The van der Waals surface area contributed by atoms with E-state index in [0.717, 1.165) is 30.5 Å². The van der Waals surface area contributed by atoms with Crippen LogP contribution in [0.2, 0.25) is 0 Å². The molecule has 0 aliphatic heterocycles. The average molecular weight is 383 g/mol. The summed E-state index contributed by atoms with van der Waals surface area (Å²) in [6.45, 7) is 8.65. The van der Waals surface area contributed by atoms with Gasteiger partial charge in [0.05, 0.1) is 5.69 Å². The number of carboxylic acid groups (broad SMARTS) is 1. The van der Waals surface area contributed by atoms with Gasteiger partial charge in [-0.3, -0.25) is 9.69 Å². The van der Waals surface area contributed by atoms with Crippen molar-refractivity contribution < 1.29 is 15.0 Å². The standard InChI is InChI=1S/C21H25N3O4/c1-5-24(6-2)11-15-10-14-9-13(7-8-16(14)23(15)4)18-12(3)19(25)17(21(27)28)20(26)22-18/h7-10H,5-6,11H2,1-4H3,(H,27,28)(H2,22,25,26). The molecule has 1 aromatic carbocycles. The largest absolute Gasteiger partial charge is 0.506 e. The van der Waals surface area contributed by atoms with Crippen LogP contribution in [0.3, 0.4) is 0 Å². The molecule has 28 heavy (non-hydrogen) atoms. The first-order valence-corrected chi connectivity index (χ1v) is 9.28. The number of carboxylic acids is 1. The smallest absolute Gasteiger partial charge is 0.345 e. The molecule has 0 saturated carbocycles. The fraction of sp³-hybridized carbons (Fsp3) is 0.333. The Bertz CT molecular complexity index is 1110. The van der Waals surface area contributed by atoms with Gasteiger partial charge in [0, 0.05) is 35.8 Å². The van der Waals surface area contributed by atoms with Gasteiger partial charge in [-0.2, -0.15) is 0 Å². The quantitative estimate of drug-likeness (QED) is 0.608. The van der Waals surface area contributed by atoms with Crippen LogP contribution < -0.4 is 5.56 Å². The molecule has 3 N–H and O–H groups in total. The van der Waals surface area contributed by atoms with Crippen molar-refractivity contribution in [3.8, 4) is 17.0 Å². The van der Waals surface area contributed by atoms with Gasteiger partial charge in [-0.05, 0) is 43.8 Å². The Kier molecular flexibility index (Phi) is 5.29. The highest BCUT2D eigenvalue weighted by Crippen LogP contribution is 2.31. The van der Waals surface area contributed by atoms with Gasteiger partial charge in [-0.1, -0.05) is 19.9 Å². The Labute approximate surface area is 162 Å². The Hall–Kier alpha value is -3.06. The third-order valence-corrected chi connectivity index (χ3v) is 5.36. The number of nitrogens with one attached hydrogen (secondary N) is 1. The van der Waals surface area contributed by atoms with Crippen LogP contribution in [0.4, 0.5) is 0 Å². The monoisotopic (exact) mass is 383 g/mol. The summed E-state index contributed by atoms with van der Waals surface area (Å²) in [5.41, 5.74) is 2.26. The van der Waals surface area contributed by atoms with Gasteiger partial charge in [0.1, 0.15) is 5.75 Å². The Morgan fingerprint density at radius 1 is 1.21 bits per heavy atom. The minimum atomic E-state index is -1.45. The second-order valence-electron chi connectivity index (χ2n) is 6.91. The lowest BCUT2D eigenvalue weighted by Gasteiger charge is -2.18. The van der Waals surface area contributed by atoms with E-state index >= 15 is 0 Å². The molecule has 0 saturated heterocycles. The molecule has 0 bridgehead atoms. The van der Waals surface area contributed by atoms with Crippen molar-refractivity contribution in [3.63, 3.8) is 0 Å². The first-order valence-electron chi connectivity index (χ1n) is 9.28. The molecule has 3 aromatic rings. The molecule has 2 aromatic heterocycles. The number of aromatic carboxylic acids is 1. The number of pyridine rings is 1. The number of nitrogens with zero attached hydrogens (tertiary/aromatic N) is 2. The van der Waals surface area contributed by atoms with Crippen LogP contribution in [-0.4, -0.2) is 43.7 Å². The van der Waals surface area contributed by atoms with Crippen LogP contribution in [-0.2, 0) is 13.6 Å². The molecule has 0 spiro atoms. The molecule has 0 fully saturated rings. The van der Waals surface area contributed by atoms with Crippen molar-refractivity contribution >= 4 is 16.9 Å². The van der Waals surface area contributed by atoms with E-state index in [-0.39, 0.29) is 0 Å². The maximum Gasteiger partial charge on any atom is 0.345 e. The maximum atomic E-state index is 12.1. The summed E-state index contributed by atoms with van der Waals surface area (Å²) in [4.78, 5) is 28.3. The average Bonchev–Trinajstić information content (AvgIpc) is 2.97. The maximum absolute atomic E-state index is 12.1. The lowest BCUT2D eigenvalue weighted by Crippen LogP contribution is -2.23.